The number of fused-ring (bicyclic) bond motifs is 1. The Morgan fingerprint density at radius 3 is 2.44 bits per heavy atom. The van der Waals surface area contributed by atoms with Crippen LogP contribution < -0.4 is 0 Å². The molecule has 0 heteroatoms. The van der Waals surface area contributed by atoms with Crippen LogP contribution in [0.5, 0.6) is 0 Å². The number of unbranched alkanes of at least 4 members (excludes halogenated alkanes) is 4. The molecular formula is C25H34. The minimum Gasteiger partial charge on any atom is -0.0804 e. The van der Waals surface area contributed by atoms with Crippen LogP contribution in [0.4, 0.5) is 0 Å². The first kappa shape index (κ1) is 18.2. The molecule has 2 aromatic rings. The van der Waals surface area contributed by atoms with Gasteiger partial charge in [0.1, 0.15) is 0 Å². The first-order valence-corrected chi connectivity index (χ1v) is 10.5. The third-order valence-corrected chi connectivity index (χ3v) is 5.92. The van der Waals surface area contributed by atoms with Gasteiger partial charge in [-0.15, -0.1) is 0 Å². The van der Waals surface area contributed by atoms with Crippen molar-refractivity contribution in [2.75, 3.05) is 0 Å². The zero-order valence-corrected chi connectivity index (χ0v) is 16.2. The van der Waals surface area contributed by atoms with E-state index in [1.54, 1.807) is 5.57 Å². The molecule has 0 radical (unpaired) electrons. The summed E-state index contributed by atoms with van der Waals surface area (Å²) in [6, 6.07) is 13.9. The molecular weight excluding hydrogens is 300 g/mol. The number of aryl methyl sites for hydroxylation is 1. The molecule has 0 N–H and O–H groups in total. The highest BCUT2D eigenvalue weighted by Gasteiger charge is 2.15. The lowest BCUT2D eigenvalue weighted by molar-refractivity contribution is 0.424. The standard InChI is InChI=1S/C25H34/c1-3-5-6-7-8-9-21-11-13-22(14-12-21)24-17-16-23-18-20(4-2)10-15-25(23)19-24/h10,13,15-19,21H,3-9,11-12,14H2,1-2H3. The highest BCUT2D eigenvalue weighted by Crippen LogP contribution is 2.34. The molecule has 0 amide bonds. The average molecular weight is 335 g/mol. The van der Waals surface area contributed by atoms with Crippen LogP contribution in [0.15, 0.2) is 42.5 Å². The smallest absolute Gasteiger partial charge is 0.0178 e. The molecule has 1 aliphatic rings. The zero-order valence-electron chi connectivity index (χ0n) is 16.2. The molecule has 0 bridgehead atoms. The Labute approximate surface area is 154 Å². The van der Waals surface area contributed by atoms with Crippen molar-refractivity contribution in [2.24, 2.45) is 5.92 Å². The summed E-state index contributed by atoms with van der Waals surface area (Å²) in [5, 5.41) is 2.76. The Morgan fingerprint density at radius 2 is 1.68 bits per heavy atom. The van der Waals surface area contributed by atoms with E-state index >= 15 is 0 Å². The van der Waals surface area contributed by atoms with E-state index in [1.807, 2.05) is 0 Å². The molecule has 0 fully saturated rings. The maximum absolute atomic E-state index is 2.53. The van der Waals surface area contributed by atoms with Gasteiger partial charge >= 0.3 is 0 Å². The Bertz CT molecular complexity index is 707. The molecule has 0 spiro atoms. The summed E-state index contributed by atoms with van der Waals surface area (Å²) in [4.78, 5) is 0. The molecule has 0 saturated heterocycles. The van der Waals surface area contributed by atoms with E-state index in [0.29, 0.717) is 0 Å². The van der Waals surface area contributed by atoms with E-state index in [2.05, 4.69) is 56.3 Å². The van der Waals surface area contributed by atoms with Crippen molar-refractivity contribution in [3.63, 3.8) is 0 Å². The van der Waals surface area contributed by atoms with Crippen molar-refractivity contribution in [3.05, 3.63) is 53.6 Å². The van der Waals surface area contributed by atoms with Crippen LogP contribution in [0.1, 0.15) is 82.8 Å². The zero-order chi connectivity index (χ0) is 17.5. The van der Waals surface area contributed by atoms with Crippen molar-refractivity contribution >= 4 is 16.3 Å². The van der Waals surface area contributed by atoms with Crippen molar-refractivity contribution in [1.29, 1.82) is 0 Å². The van der Waals surface area contributed by atoms with Crippen LogP contribution >= 0.6 is 0 Å². The van der Waals surface area contributed by atoms with Gasteiger partial charge in [-0.1, -0.05) is 88.8 Å². The fourth-order valence-electron chi connectivity index (χ4n) is 4.16. The fraction of sp³-hybridized carbons (Fsp3) is 0.520. The van der Waals surface area contributed by atoms with Gasteiger partial charge in [0.25, 0.3) is 0 Å². The maximum atomic E-state index is 2.53. The van der Waals surface area contributed by atoms with Gasteiger partial charge in [-0.05, 0) is 65.1 Å². The van der Waals surface area contributed by atoms with E-state index in [-0.39, 0.29) is 0 Å². The number of allylic oxidation sites excluding steroid dienone is 2. The van der Waals surface area contributed by atoms with Gasteiger partial charge in [0, 0.05) is 0 Å². The second kappa shape index (κ2) is 9.22. The first-order valence-electron chi connectivity index (χ1n) is 10.5. The minimum absolute atomic E-state index is 0.929. The van der Waals surface area contributed by atoms with E-state index < -0.39 is 0 Å². The van der Waals surface area contributed by atoms with Gasteiger partial charge in [0.2, 0.25) is 0 Å². The lowest BCUT2D eigenvalue weighted by Crippen LogP contribution is -2.05. The topological polar surface area (TPSA) is 0 Å². The van der Waals surface area contributed by atoms with Gasteiger partial charge in [-0.25, -0.2) is 0 Å². The summed E-state index contributed by atoms with van der Waals surface area (Å²) in [6.07, 6.45) is 16.1. The number of rotatable bonds is 8. The van der Waals surface area contributed by atoms with E-state index in [0.717, 1.165) is 12.3 Å². The van der Waals surface area contributed by atoms with Crippen LogP contribution in [0, 0.1) is 5.92 Å². The molecule has 0 aromatic heterocycles. The fourth-order valence-corrected chi connectivity index (χ4v) is 4.16. The Hall–Kier alpha value is -1.56. The normalized spacial score (nSPS) is 17.7. The second-order valence-corrected chi connectivity index (χ2v) is 7.82. The number of hydrogen-bond acceptors (Lipinski definition) is 0. The molecule has 0 saturated carbocycles. The molecule has 1 atom stereocenters. The summed E-state index contributed by atoms with van der Waals surface area (Å²) in [5.74, 6) is 0.929. The monoisotopic (exact) mass is 334 g/mol. The highest BCUT2D eigenvalue weighted by molar-refractivity contribution is 5.87. The molecule has 0 nitrogen and oxygen atoms in total. The molecule has 0 aliphatic heterocycles. The van der Waals surface area contributed by atoms with E-state index in [4.69, 9.17) is 0 Å². The molecule has 0 heterocycles. The molecule has 2 aromatic carbocycles. The van der Waals surface area contributed by atoms with E-state index in [1.165, 1.54) is 79.7 Å². The number of hydrogen-bond donors (Lipinski definition) is 0. The second-order valence-electron chi connectivity index (χ2n) is 7.82. The maximum Gasteiger partial charge on any atom is -0.0178 e. The largest absolute Gasteiger partial charge is 0.0804 e. The highest BCUT2D eigenvalue weighted by atomic mass is 14.2. The van der Waals surface area contributed by atoms with Crippen LogP contribution in [0.25, 0.3) is 16.3 Å². The Balaban J connectivity index is 1.58. The molecule has 134 valence electrons. The molecule has 3 rings (SSSR count). The van der Waals surface area contributed by atoms with Crippen molar-refractivity contribution in [3.8, 4) is 0 Å². The lowest BCUT2D eigenvalue weighted by atomic mass is 9.83. The van der Waals surface area contributed by atoms with E-state index in [9.17, 15) is 0 Å². The van der Waals surface area contributed by atoms with Gasteiger partial charge < -0.3 is 0 Å². The SMILES string of the molecule is CCCCCCCC1CC=C(c2ccc3cc(CC)ccc3c2)CC1. The van der Waals surface area contributed by atoms with Gasteiger partial charge in [0.05, 0.1) is 0 Å². The minimum atomic E-state index is 0.929. The lowest BCUT2D eigenvalue weighted by Gasteiger charge is -2.22. The van der Waals surface area contributed by atoms with Crippen LogP contribution in [0.3, 0.4) is 0 Å². The van der Waals surface area contributed by atoms with Crippen LogP contribution in [-0.2, 0) is 6.42 Å². The van der Waals surface area contributed by atoms with Gasteiger partial charge in [-0.2, -0.15) is 0 Å². The predicted octanol–water partition coefficient (Wildman–Crippen LogP) is 7.95. The summed E-state index contributed by atoms with van der Waals surface area (Å²) in [6.45, 7) is 4.52. The Morgan fingerprint density at radius 1 is 0.880 bits per heavy atom. The van der Waals surface area contributed by atoms with Crippen LogP contribution in [-0.4, -0.2) is 0 Å². The quantitative estimate of drug-likeness (QED) is 0.430. The number of benzene rings is 2. The average Bonchev–Trinajstić information content (AvgIpc) is 2.67. The van der Waals surface area contributed by atoms with Crippen molar-refractivity contribution in [1.82, 2.24) is 0 Å². The molecule has 1 aliphatic carbocycles. The van der Waals surface area contributed by atoms with Gasteiger partial charge in [0.15, 0.2) is 0 Å². The van der Waals surface area contributed by atoms with Gasteiger partial charge in [-0.3, -0.25) is 0 Å². The summed E-state index contributed by atoms with van der Waals surface area (Å²) in [5.41, 5.74) is 4.45. The summed E-state index contributed by atoms with van der Waals surface area (Å²) in [7, 11) is 0. The molecule has 1 unspecified atom stereocenters. The third-order valence-electron chi connectivity index (χ3n) is 5.92. The van der Waals surface area contributed by atoms with Crippen LogP contribution in [0.2, 0.25) is 0 Å². The van der Waals surface area contributed by atoms with Crippen molar-refractivity contribution in [2.45, 2.75) is 78.1 Å². The third kappa shape index (κ3) is 4.97. The predicted molar refractivity (Wildman–Crippen MR) is 112 cm³/mol. The molecule has 25 heavy (non-hydrogen) atoms. The van der Waals surface area contributed by atoms with Crippen molar-refractivity contribution < 1.29 is 0 Å². The summed E-state index contributed by atoms with van der Waals surface area (Å²) >= 11 is 0. The first-order chi connectivity index (χ1) is 12.3. The summed E-state index contributed by atoms with van der Waals surface area (Å²) < 4.78 is 0. The Kier molecular flexibility index (Phi) is 6.73.